The molecule has 0 aromatic heterocycles. The first-order valence-corrected chi connectivity index (χ1v) is 15.3. The van der Waals surface area contributed by atoms with E-state index < -0.39 is 0 Å². The Morgan fingerprint density at radius 2 is 1.53 bits per heavy atom. The van der Waals surface area contributed by atoms with Gasteiger partial charge in [0.15, 0.2) is 0 Å². The van der Waals surface area contributed by atoms with Gasteiger partial charge in [-0.2, -0.15) is 0 Å². The van der Waals surface area contributed by atoms with Crippen molar-refractivity contribution in [3.05, 3.63) is 12.2 Å². The molecule has 0 aliphatic heterocycles. The highest BCUT2D eigenvalue weighted by Gasteiger charge is 2.61. The van der Waals surface area contributed by atoms with Crippen LogP contribution in [0.25, 0.3) is 0 Å². The van der Waals surface area contributed by atoms with Gasteiger partial charge in [-0.15, -0.1) is 6.58 Å². The highest BCUT2D eigenvalue weighted by Crippen LogP contribution is 2.69. The molecule has 1 nitrogen and oxygen atoms in total. The molecule has 1 heteroatoms. The lowest BCUT2D eigenvalue weighted by Gasteiger charge is -2.63. The second-order valence-corrected chi connectivity index (χ2v) is 14.7. The van der Waals surface area contributed by atoms with Crippen molar-refractivity contribution in [2.75, 3.05) is 0 Å². The van der Waals surface area contributed by atoms with Crippen LogP contribution < -0.4 is 0 Å². The van der Waals surface area contributed by atoms with Gasteiger partial charge >= 0.3 is 0 Å². The van der Waals surface area contributed by atoms with Crippen molar-refractivity contribution >= 4 is 0 Å². The van der Waals surface area contributed by atoms with E-state index in [0.29, 0.717) is 22.7 Å². The Labute approximate surface area is 212 Å². The van der Waals surface area contributed by atoms with Crippen LogP contribution in [0.4, 0.5) is 0 Å². The Bertz CT molecular complexity index is 709. The van der Waals surface area contributed by atoms with Crippen molar-refractivity contribution in [2.24, 2.45) is 64.1 Å². The van der Waals surface area contributed by atoms with Gasteiger partial charge in [0, 0.05) is 0 Å². The van der Waals surface area contributed by atoms with Gasteiger partial charge in [-0.05, 0) is 135 Å². The standard InChI is InChI=1S/C33H58O/c1-9-24(22(4)5)11-10-23(6)27-14-15-28-25-12-13-29-26(20-21(2)3)31(34)17-19-33(29,8)30(25)16-18-32(27,28)7/h22-31,34H,2,9-20H2,1,3-8H3/t23-,24-,25+,26+,27-,28+,29?,30+,31-,32-,33+/m1/s1. The summed E-state index contributed by atoms with van der Waals surface area (Å²) in [6, 6.07) is 0. The summed E-state index contributed by atoms with van der Waals surface area (Å²) in [4.78, 5) is 0. The first-order valence-electron chi connectivity index (χ1n) is 15.3. The van der Waals surface area contributed by atoms with Gasteiger partial charge in [-0.1, -0.05) is 60.0 Å². The van der Waals surface area contributed by atoms with Crippen LogP contribution in [0.2, 0.25) is 0 Å². The lowest BCUT2D eigenvalue weighted by atomic mass is 9.42. The zero-order valence-electron chi connectivity index (χ0n) is 23.9. The highest BCUT2D eigenvalue weighted by atomic mass is 16.3. The van der Waals surface area contributed by atoms with Gasteiger partial charge in [0.2, 0.25) is 0 Å². The maximum Gasteiger partial charge on any atom is 0.0574 e. The van der Waals surface area contributed by atoms with Gasteiger partial charge < -0.3 is 5.11 Å². The van der Waals surface area contributed by atoms with Crippen LogP contribution in [-0.2, 0) is 0 Å². The van der Waals surface area contributed by atoms with Crippen molar-refractivity contribution in [2.45, 2.75) is 132 Å². The smallest absolute Gasteiger partial charge is 0.0574 e. The van der Waals surface area contributed by atoms with Crippen LogP contribution in [-0.4, -0.2) is 11.2 Å². The van der Waals surface area contributed by atoms with E-state index in [1.54, 1.807) is 0 Å². The second kappa shape index (κ2) is 10.2. The van der Waals surface area contributed by atoms with Crippen LogP contribution in [0.1, 0.15) is 126 Å². The minimum atomic E-state index is -0.102. The van der Waals surface area contributed by atoms with Crippen LogP contribution in [0, 0.1) is 64.1 Å². The summed E-state index contributed by atoms with van der Waals surface area (Å²) >= 11 is 0. The molecule has 0 spiro atoms. The van der Waals surface area contributed by atoms with Gasteiger partial charge in [-0.25, -0.2) is 0 Å². The number of allylic oxidation sites excluding steroid dienone is 1. The zero-order valence-corrected chi connectivity index (χ0v) is 23.9. The predicted molar refractivity (Wildman–Crippen MR) is 147 cm³/mol. The quantitative estimate of drug-likeness (QED) is 0.350. The van der Waals surface area contributed by atoms with E-state index in [4.69, 9.17) is 0 Å². The number of aliphatic hydroxyl groups excluding tert-OH is 1. The summed E-state index contributed by atoms with van der Waals surface area (Å²) in [6.07, 6.45) is 16.1. The fourth-order valence-corrected chi connectivity index (χ4v) is 10.8. The van der Waals surface area contributed by atoms with E-state index in [-0.39, 0.29) is 6.10 Å². The molecule has 4 fully saturated rings. The molecule has 0 radical (unpaired) electrons. The average molecular weight is 471 g/mol. The third-order valence-corrected chi connectivity index (χ3v) is 12.7. The molecule has 196 valence electrons. The fraction of sp³-hybridized carbons (Fsp3) is 0.939. The number of rotatable bonds is 8. The van der Waals surface area contributed by atoms with Crippen LogP contribution >= 0.6 is 0 Å². The van der Waals surface area contributed by atoms with E-state index in [0.717, 1.165) is 54.3 Å². The Balaban J connectivity index is 1.48. The Morgan fingerprint density at radius 1 is 0.882 bits per heavy atom. The number of hydrogen-bond donors (Lipinski definition) is 1. The fourth-order valence-electron chi connectivity index (χ4n) is 10.8. The molecule has 1 N–H and O–H groups in total. The van der Waals surface area contributed by atoms with Gasteiger partial charge in [0.25, 0.3) is 0 Å². The molecule has 0 heterocycles. The van der Waals surface area contributed by atoms with Crippen molar-refractivity contribution in [1.82, 2.24) is 0 Å². The minimum absolute atomic E-state index is 0.102. The third kappa shape index (κ3) is 4.59. The molecule has 0 aromatic rings. The monoisotopic (exact) mass is 470 g/mol. The number of hydrogen-bond acceptors (Lipinski definition) is 1. The van der Waals surface area contributed by atoms with Crippen molar-refractivity contribution in [3.8, 4) is 0 Å². The van der Waals surface area contributed by atoms with Crippen LogP contribution in [0.3, 0.4) is 0 Å². The van der Waals surface area contributed by atoms with E-state index >= 15 is 0 Å². The summed E-state index contributed by atoms with van der Waals surface area (Å²) in [5.74, 6) is 7.52. The molecule has 0 amide bonds. The first kappa shape index (κ1) is 26.8. The van der Waals surface area contributed by atoms with Crippen molar-refractivity contribution < 1.29 is 5.11 Å². The molecule has 0 saturated heterocycles. The van der Waals surface area contributed by atoms with E-state index in [9.17, 15) is 5.11 Å². The van der Waals surface area contributed by atoms with Crippen molar-refractivity contribution in [1.29, 1.82) is 0 Å². The summed E-state index contributed by atoms with van der Waals surface area (Å²) in [5, 5.41) is 11.0. The highest BCUT2D eigenvalue weighted by molar-refractivity contribution is 5.12. The minimum Gasteiger partial charge on any atom is -0.393 e. The molecular weight excluding hydrogens is 412 g/mol. The summed E-state index contributed by atoms with van der Waals surface area (Å²) < 4.78 is 0. The number of fused-ring (bicyclic) bond motifs is 5. The van der Waals surface area contributed by atoms with E-state index in [1.807, 2.05) is 0 Å². The molecule has 34 heavy (non-hydrogen) atoms. The first-order chi connectivity index (χ1) is 16.0. The number of aliphatic hydroxyl groups is 1. The van der Waals surface area contributed by atoms with Gasteiger partial charge in [-0.3, -0.25) is 0 Å². The molecule has 1 unspecified atom stereocenters. The Kier molecular flexibility index (Phi) is 8.04. The van der Waals surface area contributed by atoms with Gasteiger partial charge in [0.05, 0.1) is 6.10 Å². The molecule has 11 atom stereocenters. The summed E-state index contributed by atoms with van der Waals surface area (Å²) in [7, 11) is 0. The van der Waals surface area contributed by atoms with Gasteiger partial charge in [0.1, 0.15) is 0 Å². The zero-order chi connectivity index (χ0) is 24.8. The average Bonchev–Trinajstić information content (AvgIpc) is 3.13. The molecule has 4 saturated carbocycles. The van der Waals surface area contributed by atoms with E-state index in [2.05, 4.69) is 55.0 Å². The third-order valence-electron chi connectivity index (χ3n) is 12.7. The largest absolute Gasteiger partial charge is 0.393 e. The van der Waals surface area contributed by atoms with Crippen molar-refractivity contribution in [3.63, 3.8) is 0 Å². The summed E-state index contributed by atoms with van der Waals surface area (Å²) in [6.45, 7) is 21.6. The Morgan fingerprint density at radius 3 is 2.18 bits per heavy atom. The second-order valence-electron chi connectivity index (χ2n) is 14.7. The maximum absolute atomic E-state index is 11.0. The molecule has 4 rings (SSSR count). The molecule has 0 bridgehead atoms. The lowest BCUT2D eigenvalue weighted by Crippen LogP contribution is -2.56. The topological polar surface area (TPSA) is 20.2 Å². The molecule has 4 aliphatic carbocycles. The van der Waals surface area contributed by atoms with Crippen LogP contribution in [0.5, 0.6) is 0 Å². The van der Waals surface area contributed by atoms with Crippen LogP contribution in [0.15, 0.2) is 12.2 Å². The SMILES string of the molecule is C=C(C)C[C@H]1C2CC[C@H]3[C@@H]4CC[C@H]([C@H](C)CC[C@@H](CC)C(C)C)[C@@]4(C)CC[C@@H]3[C@@]2(C)CC[C@H]1O. The predicted octanol–water partition coefficient (Wildman–Crippen LogP) is 9.30. The Hall–Kier alpha value is -0.300. The molecule has 0 aromatic carbocycles. The normalized spacial score (nSPS) is 45.9. The lowest BCUT2D eigenvalue weighted by molar-refractivity contribution is -0.152. The molecule has 4 aliphatic rings. The van der Waals surface area contributed by atoms with E-state index in [1.165, 1.54) is 69.8 Å². The summed E-state index contributed by atoms with van der Waals surface area (Å²) in [5.41, 5.74) is 2.29. The molecular formula is C33H58O. The maximum atomic E-state index is 11.0.